The highest BCUT2D eigenvalue weighted by atomic mass is 79.9. The van der Waals surface area contributed by atoms with E-state index in [4.69, 9.17) is 0 Å². The number of anilines is 1. The summed E-state index contributed by atoms with van der Waals surface area (Å²) in [5, 5.41) is 2.70. The second kappa shape index (κ2) is 9.13. The summed E-state index contributed by atoms with van der Waals surface area (Å²) >= 11 is 3.34. The number of nitrogens with one attached hydrogen (secondary N) is 1. The lowest BCUT2D eigenvalue weighted by Gasteiger charge is -2.20. The van der Waals surface area contributed by atoms with Gasteiger partial charge in [-0.15, -0.1) is 0 Å². The van der Waals surface area contributed by atoms with E-state index in [0.29, 0.717) is 18.9 Å². The fraction of sp³-hybridized carbons (Fsp3) is 0.211. The summed E-state index contributed by atoms with van der Waals surface area (Å²) in [4.78, 5) is 29.6. The van der Waals surface area contributed by atoms with Crippen molar-refractivity contribution in [1.29, 1.82) is 0 Å². The Morgan fingerprint density at radius 2 is 2.00 bits per heavy atom. The van der Waals surface area contributed by atoms with Crippen LogP contribution in [0.3, 0.4) is 0 Å². The number of amides is 2. The number of benzene rings is 1. The van der Waals surface area contributed by atoms with Crippen LogP contribution >= 0.6 is 15.9 Å². The molecule has 2 rings (SSSR count). The van der Waals surface area contributed by atoms with Gasteiger partial charge < -0.3 is 5.32 Å². The van der Waals surface area contributed by atoms with Gasteiger partial charge in [-0.05, 0) is 52.2 Å². The minimum absolute atomic E-state index is 0.133. The molecule has 1 aromatic carbocycles. The molecule has 1 heterocycles. The van der Waals surface area contributed by atoms with Gasteiger partial charge in [-0.2, -0.15) is 0 Å². The molecular formula is C19H20BrN3O2. The Bertz CT molecular complexity index is 772. The van der Waals surface area contributed by atoms with E-state index in [1.54, 1.807) is 18.3 Å². The predicted molar refractivity (Wildman–Crippen MR) is 103 cm³/mol. The zero-order valence-electron chi connectivity index (χ0n) is 14.2. The number of carbonyl (C=O) groups excluding carboxylic acids is 2. The summed E-state index contributed by atoms with van der Waals surface area (Å²) in [5.41, 5.74) is 2.08. The van der Waals surface area contributed by atoms with Crippen molar-refractivity contribution in [3.8, 4) is 0 Å². The highest BCUT2D eigenvalue weighted by molar-refractivity contribution is 9.10. The number of pyridine rings is 1. The van der Waals surface area contributed by atoms with Crippen molar-refractivity contribution in [2.24, 2.45) is 0 Å². The Kier molecular flexibility index (Phi) is 6.89. The Balaban J connectivity index is 2.18. The van der Waals surface area contributed by atoms with Gasteiger partial charge >= 0.3 is 0 Å². The second-order valence-corrected chi connectivity index (χ2v) is 6.41. The van der Waals surface area contributed by atoms with Crippen molar-refractivity contribution in [3.05, 3.63) is 64.3 Å². The van der Waals surface area contributed by atoms with E-state index in [1.165, 1.54) is 17.9 Å². The molecule has 0 unspecified atom stereocenters. The zero-order chi connectivity index (χ0) is 18.2. The van der Waals surface area contributed by atoms with Crippen molar-refractivity contribution in [2.45, 2.75) is 13.8 Å². The molecule has 0 spiro atoms. The van der Waals surface area contributed by atoms with Crippen LogP contribution in [0.15, 0.2) is 53.1 Å². The Hall–Kier alpha value is -2.47. The monoisotopic (exact) mass is 401 g/mol. The molecule has 0 bridgehead atoms. The molecule has 5 nitrogen and oxygen atoms in total. The van der Waals surface area contributed by atoms with E-state index in [2.05, 4.69) is 26.2 Å². The molecule has 0 aliphatic heterocycles. The summed E-state index contributed by atoms with van der Waals surface area (Å²) in [6, 6.07) is 11.4. The number of hydrogen-bond donors (Lipinski definition) is 1. The first-order valence-corrected chi connectivity index (χ1v) is 8.68. The number of halogens is 1. The fourth-order valence-corrected chi connectivity index (χ4v) is 2.47. The van der Waals surface area contributed by atoms with E-state index in [-0.39, 0.29) is 11.8 Å². The van der Waals surface area contributed by atoms with Crippen molar-refractivity contribution in [2.75, 3.05) is 18.0 Å². The van der Waals surface area contributed by atoms with Gasteiger partial charge in [0.1, 0.15) is 5.82 Å². The van der Waals surface area contributed by atoms with Gasteiger partial charge in [-0.1, -0.05) is 24.3 Å². The smallest absolute Gasteiger partial charge is 0.252 e. The SMILES string of the molecule is CC(=O)NCCN(C(=O)C=Cc1ccccc1C)c1ccc(Br)cn1. The number of carbonyl (C=O) groups is 2. The van der Waals surface area contributed by atoms with E-state index in [9.17, 15) is 9.59 Å². The van der Waals surface area contributed by atoms with Crippen molar-refractivity contribution in [3.63, 3.8) is 0 Å². The maximum absolute atomic E-state index is 12.7. The fourth-order valence-electron chi connectivity index (χ4n) is 2.23. The Morgan fingerprint density at radius 3 is 2.64 bits per heavy atom. The molecule has 0 fully saturated rings. The molecule has 0 saturated carbocycles. The van der Waals surface area contributed by atoms with E-state index >= 15 is 0 Å². The van der Waals surface area contributed by atoms with Gasteiger partial charge in [-0.3, -0.25) is 14.5 Å². The normalized spacial score (nSPS) is 10.7. The standard InChI is InChI=1S/C19H20BrN3O2/c1-14-5-3-4-6-16(14)7-10-19(25)23(12-11-21-15(2)24)18-9-8-17(20)13-22-18/h3-10,13H,11-12H2,1-2H3,(H,21,24). The van der Waals surface area contributed by atoms with E-state index < -0.39 is 0 Å². The molecule has 0 aliphatic rings. The first-order chi connectivity index (χ1) is 12.0. The molecule has 0 atom stereocenters. The topological polar surface area (TPSA) is 62.3 Å². The molecule has 6 heteroatoms. The average molecular weight is 402 g/mol. The third-order valence-corrected chi connectivity index (χ3v) is 4.03. The van der Waals surface area contributed by atoms with Crippen LogP contribution in [0.1, 0.15) is 18.1 Å². The molecule has 0 radical (unpaired) electrons. The van der Waals surface area contributed by atoms with Crippen molar-refractivity contribution in [1.82, 2.24) is 10.3 Å². The van der Waals surface area contributed by atoms with Crippen molar-refractivity contribution >= 4 is 39.6 Å². The van der Waals surface area contributed by atoms with Crippen LogP contribution < -0.4 is 10.2 Å². The largest absolute Gasteiger partial charge is 0.355 e. The minimum atomic E-state index is -0.191. The Labute approximate surface area is 155 Å². The van der Waals surface area contributed by atoms with Gasteiger partial charge in [-0.25, -0.2) is 4.98 Å². The molecule has 130 valence electrons. The molecule has 0 aliphatic carbocycles. The van der Waals surface area contributed by atoms with Crippen LogP contribution in [0.2, 0.25) is 0 Å². The number of aryl methyl sites for hydroxylation is 1. The van der Waals surface area contributed by atoms with E-state index in [0.717, 1.165) is 15.6 Å². The average Bonchev–Trinajstić information content (AvgIpc) is 2.58. The van der Waals surface area contributed by atoms with Gasteiger partial charge in [0.15, 0.2) is 0 Å². The first kappa shape index (κ1) is 18.9. The number of nitrogens with zero attached hydrogens (tertiary/aromatic N) is 2. The molecular weight excluding hydrogens is 382 g/mol. The first-order valence-electron chi connectivity index (χ1n) is 7.88. The highest BCUT2D eigenvalue weighted by Crippen LogP contribution is 2.16. The third kappa shape index (κ3) is 5.83. The molecule has 0 saturated heterocycles. The maximum atomic E-state index is 12.7. The third-order valence-electron chi connectivity index (χ3n) is 3.56. The number of hydrogen-bond acceptors (Lipinski definition) is 3. The summed E-state index contributed by atoms with van der Waals surface area (Å²) in [6.07, 6.45) is 4.96. The summed E-state index contributed by atoms with van der Waals surface area (Å²) in [7, 11) is 0. The van der Waals surface area contributed by atoms with Crippen LogP contribution in [0.25, 0.3) is 6.08 Å². The highest BCUT2D eigenvalue weighted by Gasteiger charge is 2.14. The predicted octanol–water partition coefficient (Wildman–Crippen LogP) is 3.34. The zero-order valence-corrected chi connectivity index (χ0v) is 15.8. The van der Waals surface area contributed by atoms with Crippen LogP contribution in [-0.2, 0) is 9.59 Å². The van der Waals surface area contributed by atoms with Gasteiger partial charge in [0.25, 0.3) is 5.91 Å². The Morgan fingerprint density at radius 1 is 1.24 bits per heavy atom. The van der Waals surface area contributed by atoms with E-state index in [1.807, 2.05) is 37.3 Å². The number of rotatable bonds is 6. The summed E-state index contributed by atoms with van der Waals surface area (Å²) in [5.74, 6) is 0.211. The van der Waals surface area contributed by atoms with Gasteiger partial charge in [0.05, 0.1) is 0 Å². The van der Waals surface area contributed by atoms with Crippen LogP contribution in [0, 0.1) is 6.92 Å². The van der Waals surface area contributed by atoms with Crippen molar-refractivity contribution < 1.29 is 9.59 Å². The van der Waals surface area contributed by atoms with Gasteiger partial charge in [0.2, 0.25) is 5.91 Å². The second-order valence-electron chi connectivity index (χ2n) is 5.50. The lowest BCUT2D eigenvalue weighted by molar-refractivity contribution is -0.119. The molecule has 1 N–H and O–H groups in total. The molecule has 1 aromatic heterocycles. The lowest BCUT2D eigenvalue weighted by atomic mass is 10.1. The minimum Gasteiger partial charge on any atom is -0.355 e. The molecule has 25 heavy (non-hydrogen) atoms. The molecule has 2 amide bonds. The van der Waals surface area contributed by atoms with Crippen LogP contribution in [0.5, 0.6) is 0 Å². The van der Waals surface area contributed by atoms with Gasteiger partial charge in [0, 0.05) is 36.8 Å². The van der Waals surface area contributed by atoms with Crippen LogP contribution in [-0.4, -0.2) is 29.9 Å². The summed E-state index contributed by atoms with van der Waals surface area (Å²) < 4.78 is 0.834. The van der Waals surface area contributed by atoms with Crippen LogP contribution in [0.4, 0.5) is 5.82 Å². The quantitative estimate of drug-likeness (QED) is 0.754. The summed E-state index contributed by atoms with van der Waals surface area (Å²) in [6.45, 7) is 4.14. The maximum Gasteiger partial charge on any atom is 0.252 e. The number of aromatic nitrogens is 1. The lowest BCUT2D eigenvalue weighted by Crippen LogP contribution is -2.37. The molecule has 2 aromatic rings.